The normalized spacial score (nSPS) is 10.7. The van der Waals surface area contributed by atoms with Crippen LogP contribution in [0.1, 0.15) is 37.8 Å². The molecule has 0 bridgehead atoms. The molecule has 0 unspecified atom stereocenters. The number of aryl methyl sites for hydroxylation is 1. The van der Waals surface area contributed by atoms with Gasteiger partial charge in [0.1, 0.15) is 0 Å². The summed E-state index contributed by atoms with van der Waals surface area (Å²) >= 11 is 0. The maximum absolute atomic E-state index is 12.3. The monoisotopic (exact) mass is 310 g/mol. The number of benzene rings is 2. The van der Waals surface area contributed by atoms with Crippen LogP contribution in [-0.2, 0) is 4.79 Å². The first-order chi connectivity index (χ1) is 11.0. The van der Waals surface area contributed by atoms with Crippen LogP contribution in [0.2, 0.25) is 0 Å². The lowest BCUT2D eigenvalue weighted by atomic mass is 10.0. The van der Waals surface area contributed by atoms with Crippen molar-refractivity contribution in [2.24, 2.45) is 0 Å². The first-order valence-corrected chi connectivity index (χ1v) is 8.21. The number of anilines is 2. The Morgan fingerprint density at radius 3 is 2.39 bits per heavy atom. The zero-order valence-electron chi connectivity index (χ0n) is 14.5. The summed E-state index contributed by atoms with van der Waals surface area (Å²) in [6.45, 7) is 9.60. The molecule has 122 valence electrons. The lowest BCUT2D eigenvalue weighted by molar-refractivity contribution is -0.115. The minimum atomic E-state index is 0.00523. The molecule has 0 aromatic heterocycles. The number of nitrogens with zero attached hydrogens (tertiary/aromatic N) is 1. The van der Waals surface area contributed by atoms with E-state index in [1.807, 2.05) is 24.3 Å². The van der Waals surface area contributed by atoms with Gasteiger partial charge >= 0.3 is 0 Å². The SMILES string of the molecule is CCN(CC(=O)Nc1ccc(C(C)C)cc1)c1cccc(C)c1. The maximum atomic E-state index is 12.3. The Kier molecular flexibility index (Phi) is 5.80. The highest BCUT2D eigenvalue weighted by molar-refractivity contribution is 5.94. The van der Waals surface area contributed by atoms with Crippen molar-refractivity contribution >= 4 is 17.3 Å². The highest BCUT2D eigenvalue weighted by Crippen LogP contribution is 2.18. The van der Waals surface area contributed by atoms with Gasteiger partial charge in [0, 0.05) is 17.9 Å². The van der Waals surface area contributed by atoms with Crippen LogP contribution < -0.4 is 10.2 Å². The molecule has 0 saturated heterocycles. The minimum Gasteiger partial charge on any atom is -0.362 e. The standard InChI is InChI=1S/C20H26N2O/c1-5-22(19-8-6-7-16(4)13-19)14-20(23)21-18-11-9-17(10-12-18)15(2)3/h6-13,15H,5,14H2,1-4H3,(H,21,23). The Balaban J connectivity index is 2.00. The van der Waals surface area contributed by atoms with Gasteiger partial charge in [0.25, 0.3) is 0 Å². The number of hydrogen-bond donors (Lipinski definition) is 1. The molecule has 0 atom stereocenters. The van der Waals surface area contributed by atoms with E-state index in [4.69, 9.17) is 0 Å². The number of hydrogen-bond acceptors (Lipinski definition) is 2. The molecule has 23 heavy (non-hydrogen) atoms. The van der Waals surface area contributed by atoms with Crippen molar-refractivity contribution in [3.05, 3.63) is 59.7 Å². The van der Waals surface area contributed by atoms with Gasteiger partial charge in [-0.3, -0.25) is 4.79 Å². The van der Waals surface area contributed by atoms with Crippen LogP contribution >= 0.6 is 0 Å². The van der Waals surface area contributed by atoms with Crippen molar-refractivity contribution in [2.45, 2.75) is 33.6 Å². The Hall–Kier alpha value is -2.29. The largest absolute Gasteiger partial charge is 0.362 e. The molecule has 2 rings (SSSR count). The number of amides is 1. The molecule has 0 heterocycles. The molecule has 0 radical (unpaired) electrons. The molecule has 0 aliphatic rings. The first-order valence-electron chi connectivity index (χ1n) is 8.21. The Morgan fingerprint density at radius 1 is 1.13 bits per heavy atom. The summed E-state index contributed by atoms with van der Waals surface area (Å²) in [7, 11) is 0. The zero-order valence-corrected chi connectivity index (χ0v) is 14.5. The average molecular weight is 310 g/mol. The molecule has 2 aromatic rings. The van der Waals surface area contributed by atoms with Gasteiger partial charge in [-0.2, -0.15) is 0 Å². The summed E-state index contributed by atoms with van der Waals surface area (Å²) in [6.07, 6.45) is 0. The van der Waals surface area contributed by atoms with Crippen molar-refractivity contribution in [3.8, 4) is 0 Å². The van der Waals surface area contributed by atoms with E-state index in [1.165, 1.54) is 11.1 Å². The molecule has 0 aliphatic carbocycles. The van der Waals surface area contributed by atoms with E-state index in [-0.39, 0.29) is 5.91 Å². The molecule has 0 fully saturated rings. The Bertz CT molecular complexity index is 647. The summed E-state index contributed by atoms with van der Waals surface area (Å²) in [5.74, 6) is 0.502. The molecule has 0 saturated carbocycles. The quantitative estimate of drug-likeness (QED) is 0.846. The van der Waals surface area contributed by atoms with Gasteiger partial charge in [-0.15, -0.1) is 0 Å². The molecule has 1 amide bonds. The molecule has 3 heteroatoms. The first kappa shape index (κ1) is 17.1. The number of rotatable bonds is 6. The number of carbonyl (C=O) groups excluding carboxylic acids is 1. The summed E-state index contributed by atoms with van der Waals surface area (Å²) in [6, 6.07) is 16.3. The van der Waals surface area contributed by atoms with Crippen LogP contribution in [0.5, 0.6) is 0 Å². The fourth-order valence-electron chi connectivity index (χ4n) is 2.54. The lowest BCUT2D eigenvalue weighted by Crippen LogP contribution is -2.33. The van der Waals surface area contributed by atoms with E-state index in [9.17, 15) is 4.79 Å². The van der Waals surface area contributed by atoms with Crippen molar-refractivity contribution in [3.63, 3.8) is 0 Å². The zero-order chi connectivity index (χ0) is 16.8. The summed E-state index contributed by atoms with van der Waals surface area (Å²) in [4.78, 5) is 14.4. The van der Waals surface area contributed by atoms with E-state index in [1.54, 1.807) is 0 Å². The second-order valence-corrected chi connectivity index (χ2v) is 6.18. The Morgan fingerprint density at radius 2 is 1.83 bits per heavy atom. The van der Waals surface area contributed by atoms with Crippen LogP contribution in [0.3, 0.4) is 0 Å². The second kappa shape index (κ2) is 7.82. The lowest BCUT2D eigenvalue weighted by Gasteiger charge is -2.23. The van der Waals surface area contributed by atoms with E-state index >= 15 is 0 Å². The van der Waals surface area contributed by atoms with Crippen LogP contribution in [0.25, 0.3) is 0 Å². The molecular formula is C20H26N2O. The van der Waals surface area contributed by atoms with Crippen LogP contribution in [-0.4, -0.2) is 19.0 Å². The van der Waals surface area contributed by atoms with E-state index in [0.717, 1.165) is 17.9 Å². The van der Waals surface area contributed by atoms with E-state index in [2.05, 4.69) is 62.2 Å². The number of carbonyl (C=O) groups is 1. The molecule has 0 aliphatic heterocycles. The van der Waals surface area contributed by atoms with Crippen molar-refractivity contribution in [1.82, 2.24) is 0 Å². The summed E-state index contributed by atoms with van der Waals surface area (Å²) in [5.41, 5.74) is 4.40. The third-order valence-corrected chi connectivity index (χ3v) is 3.94. The van der Waals surface area contributed by atoms with Crippen molar-refractivity contribution in [2.75, 3.05) is 23.3 Å². The van der Waals surface area contributed by atoms with E-state index in [0.29, 0.717) is 12.5 Å². The van der Waals surface area contributed by atoms with Crippen molar-refractivity contribution < 1.29 is 4.79 Å². The topological polar surface area (TPSA) is 32.3 Å². The molecule has 2 aromatic carbocycles. The van der Waals surface area contributed by atoms with Gasteiger partial charge in [-0.05, 0) is 55.2 Å². The van der Waals surface area contributed by atoms with Gasteiger partial charge in [-0.25, -0.2) is 0 Å². The van der Waals surface area contributed by atoms with E-state index < -0.39 is 0 Å². The second-order valence-electron chi connectivity index (χ2n) is 6.18. The third-order valence-electron chi connectivity index (χ3n) is 3.94. The number of likely N-dealkylation sites (N-methyl/N-ethyl adjacent to an activating group) is 1. The summed E-state index contributed by atoms with van der Waals surface area (Å²) < 4.78 is 0. The molecule has 1 N–H and O–H groups in total. The predicted octanol–water partition coefficient (Wildman–Crippen LogP) is 4.58. The van der Waals surface area contributed by atoms with Gasteiger partial charge in [0.15, 0.2) is 0 Å². The van der Waals surface area contributed by atoms with Crippen molar-refractivity contribution in [1.29, 1.82) is 0 Å². The van der Waals surface area contributed by atoms with Crippen LogP contribution in [0.15, 0.2) is 48.5 Å². The Labute approximate surface area is 139 Å². The van der Waals surface area contributed by atoms with Gasteiger partial charge in [-0.1, -0.05) is 38.1 Å². The molecule has 0 spiro atoms. The molecular weight excluding hydrogens is 284 g/mol. The fourth-order valence-corrected chi connectivity index (χ4v) is 2.54. The minimum absolute atomic E-state index is 0.00523. The average Bonchev–Trinajstić information content (AvgIpc) is 2.53. The fraction of sp³-hybridized carbons (Fsp3) is 0.350. The smallest absolute Gasteiger partial charge is 0.243 e. The highest BCUT2D eigenvalue weighted by Gasteiger charge is 2.10. The van der Waals surface area contributed by atoms with Crippen LogP contribution in [0.4, 0.5) is 11.4 Å². The van der Waals surface area contributed by atoms with Gasteiger partial charge in [0.05, 0.1) is 6.54 Å². The number of nitrogens with one attached hydrogen (secondary N) is 1. The van der Waals surface area contributed by atoms with Gasteiger partial charge < -0.3 is 10.2 Å². The third kappa shape index (κ3) is 4.85. The molecule has 3 nitrogen and oxygen atoms in total. The predicted molar refractivity (Wildman–Crippen MR) is 98.2 cm³/mol. The summed E-state index contributed by atoms with van der Waals surface area (Å²) in [5, 5.41) is 2.98. The van der Waals surface area contributed by atoms with Gasteiger partial charge in [0.2, 0.25) is 5.91 Å². The highest BCUT2D eigenvalue weighted by atomic mass is 16.2. The van der Waals surface area contributed by atoms with Crippen LogP contribution in [0, 0.1) is 6.92 Å². The maximum Gasteiger partial charge on any atom is 0.243 e.